The quantitative estimate of drug-likeness (QED) is 0.736. The van der Waals surface area contributed by atoms with Crippen molar-refractivity contribution in [2.75, 3.05) is 0 Å². The fraction of sp³-hybridized carbons (Fsp3) is 0.316. The average Bonchev–Trinajstić information content (AvgIpc) is 3.25. The van der Waals surface area contributed by atoms with Crippen LogP contribution >= 0.6 is 0 Å². The van der Waals surface area contributed by atoms with Crippen molar-refractivity contribution in [3.8, 4) is 11.3 Å². The van der Waals surface area contributed by atoms with Crippen molar-refractivity contribution in [1.82, 2.24) is 30.3 Å². The molecule has 3 aromatic rings. The topological polar surface area (TPSA) is 106 Å². The Labute approximate surface area is 155 Å². The molecule has 1 fully saturated rings. The van der Waals surface area contributed by atoms with Crippen LogP contribution in [0.25, 0.3) is 11.3 Å². The van der Waals surface area contributed by atoms with Gasteiger partial charge in [0.05, 0.1) is 23.5 Å². The molecule has 8 heteroatoms. The van der Waals surface area contributed by atoms with E-state index < -0.39 is 0 Å². The van der Waals surface area contributed by atoms with Gasteiger partial charge in [-0.2, -0.15) is 10.2 Å². The van der Waals surface area contributed by atoms with Crippen LogP contribution < -0.4 is 10.9 Å². The first kappa shape index (κ1) is 17.1. The number of carbonyl (C=O) groups is 1. The molecule has 0 spiro atoms. The summed E-state index contributed by atoms with van der Waals surface area (Å²) in [6, 6.07) is 7.19. The van der Waals surface area contributed by atoms with Crippen molar-refractivity contribution < 1.29 is 4.79 Å². The van der Waals surface area contributed by atoms with Gasteiger partial charge in [0.2, 0.25) is 0 Å². The van der Waals surface area contributed by atoms with Crippen molar-refractivity contribution in [3.63, 3.8) is 0 Å². The summed E-state index contributed by atoms with van der Waals surface area (Å²) in [5.41, 5.74) is 2.04. The summed E-state index contributed by atoms with van der Waals surface area (Å²) >= 11 is 0. The first-order chi connectivity index (χ1) is 13.2. The fourth-order valence-electron chi connectivity index (χ4n) is 3.46. The van der Waals surface area contributed by atoms with Gasteiger partial charge in [-0.25, -0.2) is 4.68 Å². The Hall–Kier alpha value is -3.29. The molecule has 1 aliphatic rings. The lowest BCUT2D eigenvalue weighted by Gasteiger charge is -2.29. The standard InChI is InChI=1S/C19H20N6O2/c26-18-8-7-17(13-2-1-9-20-10-13)24-25(18)16-5-3-15(4-6-16)23-19(27)14-11-21-22-12-14/h1-2,7-12,15-16H,3-6H2,(H,21,22)(H,23,27). The smallest absolute Gasteiger partial charge is 0.267 e. The predicted octanol–water partition coefficient (Wildman–Crippen LogP) is 1.94. The van der Waals surface area contributed by atoms with E-state index in [1.54, 1.807) is 35.4 Å². The third kappa shape index (κ3) is 3.79. The average molecular weight is 364 g/mol. The number of rotatable bonds is 4. The number of pyridine rings is 1. The number of nitrogens with zero attached hydrogens (tertiary/aromatic N) is 4. The van der Waals surface area contributed by atoms with Crippen molar-refractivity contribution in [3.05, 3.63) is 65.0 Å². The van der Waals surface area contributed by atoms with E-state index in [1.807, 2.05) is 12.1 Å². The highest BCUT2D eigenvalue weighted by Crippen LogP contribution is 2.27. The molecule has 1 amide bonds. The molecule has 0 radical (unpaired) electrons. The lowest BCUT2D eigenvalue weighted by molar-refractivity contribution is 0.0921. The summed E-state index contributed by atoms with van der Waals surface area (Å²) in [6.45, 7) is 0. The zero-order chi connectivity index (χ0) is 18.6. The first-order valence-corrected chi connectivity index (χ1v) is 9.00. The second-order valence-electron chi connectivity index (χ2n) is 6.71. The number of hydrogen-bond donors (Lipinski definition) is 2. The van der Waals surface area contributed by atoms with Gasteiger partial charge < -0.3 is 5.32 Å². The molecule has 3 heterocycles. The van der Waals surface area contributed by atoms with Crippen LogP contribution in [-0.4, -0.2) is 36.9 Å². The Bertz CT molecular complexity index is 959. The van der Waals surface area contributed by atoms with E-state index >= 15 is 0 Å². The van der Waals surface area contributed by atoms with Crippen LogP contribution in [0.2, 0.25) is 0 Å². The molecule has 2 N–H and O–H groups in total. The minimum atomic E-state index is -0.124. The van der Waals surface area contributed by atoms with E-state index in [2.05, 4.69) is 25.6 Å². The highest BCUT2D eigenvalue weighted by Gasteiger charge is 2.25. The second-order valence-corrected chi connectivity index (χ2v) is 6.71. The van der Waals surface area contributed by atoms with Crippen molar-refractivity contribution in [1.29, 1.82) is 0 Å². The third-order valence-corrected chi connectivity index (χ3v) is 4.92. The van der Waals surface area contributed by atoms with E-state index in [1.165, 1.54) is 6.20 Å². The van der Waals surface area contributed by atoms with Crippen LogP contribution in [0.1, 0.15) is 42.1 Å². The molecule has 1 saturated carbocycles. The van der Waals surface area contributed by atoms with Gasteiger partial charge in [-0.1, -0.05) is 0 Å². The van der Waals surface area contributed by atoms with Crippen molar-refractivity contribution in [2.24, 2.45) is 0 Å². The van der Waals surface area contributed by atoms with Crippen LogP contribution in [0.5, 0.6) is 0 Å². The largest absolute Gasteiger partial charge is 0.349 e. The zero-order valence-electron chi connectivity index (χ0n) is 14.7. The molecule has 8 nitrogen and oxygen atoms in total. The van der Waals surface area contributed by atoms with Gasteiger partial charge in [-0.05, 0) is 43.9 Å². The maximum Gasteiger partial charge on any atom is 0.267 e. The van der Waals surface area contributed by atoms with E-state index in [4.69, 9.17) is 0 Å². The van der Waals surface area contributed by atoms with E-state index in [9.17, 15) is 9.59 Å². The summed E-state index contributed by atoms with van der Waals surface area (Å²) in [5, 5.41) is 14.0. The van der Waals surface area contributed by atoms with Gasteiger partial charge in [-0.3, -0.25) is 19.7 Å². The molecular formula is C19H20N6O2. The number of aromatic nitrogens is 5. The maximum atomic E-state index is 12.3. The lowest BCUT2D eigenvalue weighted by Crippen LogP contribution is -2.39. The summed E-state index contributed by atoms with van der Waals surface area (Å²) < 4.78 is 1.58. The molecule has 0 unspecified atom stereocenters. The fourth-order valence-corrected chi connectivity index (χ4v) is 3.46. The summed E-state index contributed by atoms with van der Waals surface area (Å²) in [5.74, 6) is -0.124. The van der Waals surface area contributed by atoms with Gasteiger partial charge in [0.25, 0.3) is 11.5 Å². The van der Waals surface area contributed by atoms with Crippen LogP contribution in [-0.2, 0) is 0 Å². The molecule has 0 aromatic carbocycles. The molecule has 4 rings (SSSR count). The lowest BCUT2D eigenvalue weighted by atomic mass is 9.91. The van der Waals surface area contributed by atoms with Gasteiger partial charge in [0.15, 0.2) is 0 Å². The van der Waals surface area contributed by atoms with E-state index in [0.717, 1.165) is 36.9 Å². The van der Waals surface area contributed by atoms with E-state index in [0.29, 0.717) is 5.56 Å². The molecule has 0 aliphatic heterocycles. The van der Waals surface area contributed by atoms with Gasteiger partial charge >= 0.3 is 0 Å². The second kappa shape index (κ2) is 7.53. The number of nitrogens with one attached hydrogen (secondary N) is 2. The molecule has 0 saturated heterocycles. The zero-order valence-corrected chi connectivity index (χ0v) is 14.7. The molecule has 27 heavy (non-hydrogen) atoms. The molecule has 3 aromatic heterocycles. The van der Waals surface area contributed by atoms with Crippen LogP contribution in [0.4, 0.5) is 0 Å². The molecule has 0 atom stereocenters. The number of amides is 1. The van der Waals surface area contributed by atoms with Gasteiger partial charge in [-0.15, -0.1) is 0 Å². The first-order valence-electron chi connectivity index (χ1n) is 9.00. The molecule has 138 valence electrons. The van der Waals surface area contributed by atoms with Gasteiger partial charge in [0.1, 0.15) is 0 Å². The number of aromatic amines is 1. The number of carbonyl (C=O) groups excluding carboxylic acids is 1. The normalized spacial score (nSPS) is 19.6. The van der Waals surface area contributed by atoms with Crippen LogP contribution in [0.3, 0.4) is 0 Å². The van der Waals surface area contributed by atoms with Crippen molar-refractivity contribution >= 4 is 5.91 Å². The number of hydrogen-bond acceptors (Lipinski definition) is 5. The summed E-state index contributed by atoms with van der Waals surface area (Å²) in [6.07, 6.45) is 9.72. The minimum absolute atomic E-state index is 0.0381. The number of H-pyrrole nitrogens is 1. The highest BCUT2D eigenvalue weighted by molar-refractivity contribution is 5.93. The monoisotopic (exact) mass is 364 g/mol. The van der Waals surface area contributed by atoms with Crippen LogP contribution in [0, 0.1) is 0 Å². The van der Waals surface area contributed by atoms with Crippen molar-refractivity contribution in [2.45, 2.75) is 37.8 Å². The Balaban J connectivity index is 1.44. The Morgan fingerprint density at radius 1 is 1.15 bits per heavy atom. The highest BCUT2D eigenvalue weighted by atomic mass is 16.2. The molecule has 0 bridgehead atoms. The summed E-state index contributed by atoms with van der Waals surface area (Å²) in [4.78, 5) is 28.6. The van der Waals surface area contributed by atoms with Crippen LogP contribution in [0.15, 0.2) is 53.8 Å². The summed E-state index contributed by atoms with van der Waals surface area (Å²) in [7, 11) is 0. The molecule has 1 aliphatic carbocycles. The molecular weight excluding hydrogens is 344 g/mol. The Kier molecular flexibility index (Phi) is 4.78. The Morgan fingerprint density at radius 2 is 2.00 bits per heavy atom. The van der Waals surface area contributed by atoms with Gasteiger partial charge in [0, 0.05) is 36.3 Å². The minimum Gasteiger partial charge on any atom is -0.349 e. The SMILES string of the molecule is O=C(NC1CCC(n2nc(-c3cccnc3)ccc2=O)CC1)c1cn[nH]c1. The predicted molar refractivity (Wildman–Crippen MR) is 99.1 cm³/mol. The third-order valence-electron chi connectivity index (χ3n) is 4.92. The maximum absolute atomic E-state index is 12.3. The van der Waals surface area contributed by atoms with E-state index in [-0.39, 0.29) is 23.6 Å². The Morgan fingerprint density at radius 3 is 2.70 bits per heavy atom.